The van der Waals surface area contributed by atoms with Gasteiger partial charge < -0.3 is 9.47 Å². The van der Waals surface area contributed by atoms with Gasteiger partial charge in [-0.1, -0.05) is 88.8 Å². The summed E-state index contributed by atoms with van der Waals surface area (Å²) in [5.74, 6) is 0. The van der Waals surface area contributed by atoms with E-state index in [9.17, 15) is 0 Å². The van der Waals surface area contributed by atoms with Crippen LogP contribution < -0.4 is 0 Å². The fourth-order valence-electron chi connectivity index (χ4n) is 3.40. The summed E-state index contributed by atoms with van der Waals surface area (Å²) in [6.45, 7) is 0.603. The Morgan fingerprint density at radius 2 is 1.62 bits per heavy atom. The second-order valence-corrected chi connectivity index (χ2v) is 7.10. The zero-order valence-electron chi connectivity index (χ0n) is 13.3. The highest BCUT2D eigenvalue weighted by Crippen LogP contribution is 2.50. The van der Waals surface area contributed by atoms with Gasteiger partial charge in [0.1, 0.15) is 6.10 Å². The van der Waals surface area contributed by atoms with Crippen LogP contribution in [0.3, 0.4) is 0 Å². The molecule has 0 aromatic heterocycles. The molecule has 1 saturated heterocycles. The van der Waals surface area contributed by atoms with E-state index in [1.807, 2.05) is 36.4 Å². The van der Waals surface area contributed by atoms with Crippen LogP contribution in [0.1, 0.15) is 29.9 Å². The van der Waals surface area contributed by atoms with Gasteiger partial charge in [-0.2, -0.15) is 0 Å². The Hall–Kier alpha value is -1.68. The summed E-state index contributed by atoms with van der Waals surface area (Å²) in [7, 11) is 0. The first kappa shape index (κ1) is 15.8. The van der Waals surface area contributed by atoms with Gasteiger partial charge in [-0.15, -0.1) is 0 Å². The highest BCUT2D eigenvalue weighted by atomic mass is 79.9. The van der Waals surface area contributed by atoms with Crippen LogP contribution in [0.5, 0.6) is 0 Å². The summed E-state index contributed by atoms with van der Waals surface area (Å²) in [6, 6.07) is 18.4. The Morgan fingerprint density at radius 1 is 0.917 bits per heavy atom. The topological polar surface area (TPSA) is 18.5 Å². The first-order valence-electron chi connectivity index (χ1n) is 8.20. The molecular formula is C21H19BrO2. The molecule has 1 heterocycles. The molecule has 2 aliphatic rings. The minimum Gasteiger partial charge on any atom is -0.347 e. The molecule has 1 fully saturated rings. The van der Waals surface area contributed by atoms with Gasteiger partial charge in [0, 0.05) is 10.0 Å². The van der Waals surface area contributed by atoms with Crippen molar-refractivity contribution in [2.45, 2.75) is 18.8 Å². The molecular weight excluding hydrogens is 364 g/mol. The van der Waals surface area contributed by atoms with Crippen molar-refractivity contribution >= 4 is 15.9 Å². The molecule has 2 aromatic rings. The highest BCUT2D eigenvalue weighted by Gasteiger charge is 2.44. The van der Waals surface area contributed by atoms with E-state index >= 15 is 0 Å². The van der Waals surface area contributed by atoms with Crippen molar-refractivity contribution in [3.8, 4) is 0 Å². The van der Waals surface area contributed by atoms with Gasteiger partial charge in [-0.3, -0.25) is 0 Å². The molecule has 3 heteroatoms. The normalized spacial score (nSPS) is 25.0. The molecule has 1 aliphatic heterocycles. The molecule has 1 aliphatic carbocycles. The van der Waals surface area contributed by atoms with Crippen LogP contribution in [0.25, 0.3) is 0 Å². The highest BCUT2D eigenvalue weighted by molar-refractivity contribution is 9.10. The number of halogens is 1. The van der Waals surface area contributed by atoms with E-state index in [0.29, 0.717) is 6.61 Å². The van der Waals surface area contributed by atoms with Crippen LogP contribution >= 0.6 is 15.9 Å². The first-order valence-corrected chi connectivity index (χ1v) is 9.00. The number of ether oxygens (including phenoxy) is 2. The van der Waals surface area contributed by atoms with Crippen LogP contribution in [0.15, 0.2) is 83.4 Å². The molecule has 24 heavy (non-hydrogen) atoms. The Labute approximate surface area is 150 Å². The summed E-state index contributed by atoms with van der Waals surface area (Å²) in [5.41, 5.74) is 1.94. The lowest BCUT2D eigenvalue weighted by atomic mass is 9.76. The first-order chi connectivity index (χ1) is 11.8. The van der Waals surface area contributed by atoms with Gasteiger partial charge in [-0.05, 0) is 18.1 Å². The molecule has 122 valence electrons. The number of benzene rings is 2. The minimum absolute atomic E-state index is 0.0974. The molecule has 0 unspecified atom stereocenters. The molecule has 0 bridgehead atoms. The smallest absolute Gasteiger partial charge is 0.184 e. The molecule has 0 radical (unpaired) electrons. The van der Waals surface area contributed by atoms with Gasteiger partial charge in [0.25, 0.3) is 0 Å². The molecule has 2 atom stereocenters. The largest absolute Gasteiger partial charge is 0.347 e. The van der Waals surface area contributed by atoms with Crippen LogP contribution in [-0.2, 0) is 9.47 Å². The SMILES string of the molecule is Brc1ccccc1[C@H]1O[C@@H](c2ccccc2)OCC12C=CCC=C2. The summed E-state index contributed by atoms with van der Waals surface area (Å²) in [6.07, 6.45) is 9.37. The fraction of sp³-hybridized carbons (Fsp3) is 0.238. The molecule has 2 aromatic carbocycles. The maximum absolute atomic E-state index is 6.48. The lowest BCUT2D eigenvalue weighted by Gasteiger charge is -2.44. The van der Waals surface area contributed by atoms with E-state index in [-0.39, 0.29) is 17.8 Å². The molecule has 0 saturated carbocycles. The number of rotatable bonds is 2. The van der Waals surface area contributed by atoms with E-state index in [1.165, 1.54) is 0 Å². The average Bonchev–Trinajstić information content (AvgIpc) is 2.64. The van der Waals surface area contributed by atoms with Gasteiger partial charge in [0.2, 0.25) is 0 Å². The average molecular weight is 383 g/mol. The standard InChI is InChI=1S/C21H19BrO2/c22-18-12-6-5-11-17(18)19-21(13-7-2-8-14-21)15-23-20(24-19)16-9-3-1-4-10-16/h1,3-14,19-20H,2,15H2/t19-,20+/m1/s1. The maximum Gasteiger partial charge on any atom is 0.184 e. The van der Waals surface area contributed by atoms with Crippen LogP contribution in [0.2, 0.25) is 0 Å². The van der Waals surface area contributed by atoms with Crippen LogP contribution in [-0.4, -0.2) is 6.61 Å². The lowest BCUT2D eigenvalue weighted by Crippen LogP contribution is -2.39. The third kappa shape index (κ3) is 2.88. The molecule has 0 N–H and O–H groups in total. The molecule has 0 amide bonds. The summed E-state index contributed by atoms with van der Waals surface area (Å²) in [5, 5.41) is 0. The van der Waals surface area contributed by atoms with Crippen molar-refractivity contribution in [1.82, 2.24) is 0 Å². The Morgan fingerprint density at radius 3 is 2.38 bits per heavy atom. The van der Waals surface area contributed by atoms with Gasteiger partial charge in [-0.25, -0.2) is 0 Å². The van der Waals surface area contributed by atoms with Gasteiger partial charge in [0.05, 0.1) is 12.0 Å². The number of allylic oxidation sites excluding steroid dienone is 2. The lowest BCUT2D eigenvalue weighted by molar-refractivity contribution is -0.254. The number of hydrogen-bond donors (Lipinski definition) is 0. The van der Waals surface area contributed by atoms with Gasteiger partial charge >= 0.3 is 0 Å². The van der Waals surface area contributed by atoms with E-state index < -0.39 is 0 Å². The predicted octanol–water partition coefficient (Wildman–Crippen LogP) is 5.74. The monoisotopic (exact) mass is 382 g/mol. The van der Waals surface area contributed by atoms with E-state index in [4.69, 9.17) is 9.47 Å². The third-order valence-electron chi connectivity index (χ3n) is 4.62. The van der Waals surface area contributed by atoms with E-state index in [1.54, 1.807) is 0 Å². The van der Waals surface area contributed by atoms with Gasteiger partial charge in [0.15, 0.2) is 6.29 Å². The second kappa shape index (κ2) is 6.67. The minimum atomic E-state index is -0.349. The van der Waals surface area contributed by atoms with Crippen molar-refractivity contribution in [3.05, 3.63) is 94.5 Å². The Kier molecular flexibility index (Phi) is 4.40. The molecule has 1 spiro atoms. The zero-order chi connectivity index (χ0) is 16.4. The van der Waals surface area contributed by atoms with Crippen molar-refractivity contribution in [2.75, 3.05) is 6.61 Å². The fourth-order valence-corrected chi connectivity index (χ4v) is 3.89. The van der Waals surface area contributed by atoms with E-state index in [0.717, 1.165) is 22.0 Å². The zero-order valence-corrected chi connectivity index (χ0v) is 14.9. The van der Waals surface area contributed by atoms with Crippen molar-refractivity contribution < 1.29 is 9.47 Å². The Bertz CT molecular complexity index is 754. The quantitative estimate of drug-likeness (QED) is 0.616. The van der Waals surface area contributed by atoms with Crippen LogP contribution in [0, 0.1) is 5.41 Å². The molecule has 2 nitrogen and oxygen atoms in total. The second-order valence-electron chi connectivity index (χ2n) is 6.24. The Balaban J connectivity index is 1.74. The summed E-state index contributed by atoms with van der Waals surface area (Å²) in [4.78, 5) is 0. The summed E-state index contributed by atoms with van der Waals surface area (Å²) >= 11 is 3.69. The van der Waals surface area contributed by atoms with E-state index in [2.05, 4.69) is 58.4 Å². The predicted molar refractivity (Wildman–Crippen MR) is 98.4 cm³/mol. The summed E-state index contributed by atoms with van der Waals surface area (Å²) < 4.78 is 13.7. The maximum atomic E-state index is 6.48. The number of hydrogen-bond acceptors (Lipinski definition) is 2. The van der Waals surface area contributed by atoms with Crippen molar-refractivity contribution in [2.24, 2.45) is 5.41 Å². The molecule has 4 rings (SSSR count). The van der Waals surface area contributed by atoms with Crippen molar-refractivity contribution in [1.29, 1.82) is 0 Å². The third-order valence-corrected chi connectivity index (χ3v) is 5.34. The van der Waals surface area contributed by atoms with Crippen LogP contribution in [0.4, 0.5) is 0 Å². The van der Waals surface area contributed by atoms with Crippen molar-refractivity contribution in [3.63, 3.8) is 0 Å².